The minimum Gasteiger partial charge on any atom is -0.458 e. The molecular weight excluding hydrogens is 392 g/mol. The number of hydrogen-bond donors (Lipinski definition) is 2. The molecule has 0 aromatic heterocycles. The molecule has 1 aliphatic carbocycles. The Hall–Kier alpha value is -3.28. The molecule has 0 spiro atoms. The van der Waals surface area contributed by atoms with E-state index in [2.05, 4.69) is 6.92 Å². The van der Waals surface area contributed by atoms with Gasteiger partial charge in [-0.1, -0.05) is 25.5 Å². The van der Waals surface area contributed by atoms with Gasteiger partial charge in [0.25, 0.3) is 0 Å². The maximum absolute atomic E-state index is 12.4. The van der Waals surface area contributed by atoms with Crippen LogP contribution in [0.25, 0.3) is 6.08 Å². The first-order valence-electron chi connectivity index (χ1n) is 10.7. The summed E-state index contributed by atoms with van der Waals surface area (Å²) >= 11 is 0. The highest BCUT2D eigenvalue weighted by Crippen LogP contribution is 2.31. The standard InChI is InChI=1S/C25H30N2O4/c1-2-17-3-8-19(9-4-17)25(29)31-22-11-5-18(6-12-22)7-14-24(28)30-16-20-15-21(26)10-13-23(20)27/h5-7,10-15,17,19H,2-4,8-9,16,26-27H2,1H3. The van der Waals surface area contributed by atoms with Crippen molar-refractivity contribution in [1.82, 2.24) is 0 Å². The van der Waals surface area contributed by atoms with Gasteiger partial charge in [0.2, 0.25) is 0 Å². The molecule has 0 heterocycles. The van der Waals surface area contributed by atoms with E-state index >= 15 is 0 Å². The molecule has 4 N–H and O–H groups in total. The van der Waals surface area contributed by atoms with E-state index in [4.69, 9.17) is 20.9 Å². The largest absolute Gasteiger partial charge is 0.458 e. The summed E-state index contributed by atoms with van der Waals surface area (Å²) < 4.78 is 10.7. The summed E-state index contributed by atoms with van der Waals surface area (Å²) in [6, 6.07) is 12.1. The zero-order chi connectivity index (χ0) is 22.2. The van der Waals surface area contributed by atoms with Crippen LogP contribution in [0.1, 0.15) is 50.2 Å². The maximum Gasteiger partial charge on any atom is 0.331 e. The van der Waals surface area contributed by atoms with Crippen LogP contribution >= 0.6 is 0 Å². The molecule has 1 fully saturated rings. The third kappa shape index (κ3) is 6.60. The van der Waals surface area contributed by atoms with Crippen LogP contribution < -0.4 is 16.2 Å². The Kier molecular flexibility index (Phi) is 7.70. The number of benzene rings is 2. The van der Waals surface area contributed by atoms with E-state index < -0.39 is 5.97 Å². The summed E-state index contributed by atoms with van der Waals surface area (Å²) in [6.07, 6.45) is 8.17. The van der Waals surface area contributed by atoms with E-state index in [1.54, 1.807) is 48.5 Å². The van der Waals surface area contributed by atoms with E-state index in [0.29, 0.717) is 22.7 Å². The normalized spacial score (nSPS) is 18.6. The van der Waals surface area contributed by atoms with Gasteiger partial charge >= 0.3 is 11.9 Å². The van der Waals surface area contributed by atoms with Gasteiger partial charge in [0.1, 0.15) is 12.4 Å². The third-order valence-corrected chi connectivity index (χ3v) is 5.80. The molecule has 31 heavy (non-hydrogen) atoms. The van der Waals surface area contributed by atoms with Gasteiger partial charge in [-0.2, -0.15) is 0 Å². The van der Waals surface area contributed by atoms with E-state index in [1.807, 2.05) is 0 Å². The highest BCUT2D eigenvalue weighted by Gasteiger charge is 2.26. The summed E-state index contributed by atoms with van der Waals surface area (Å²) in [7, 11) is 0. The van der Waals surface area contributed by atoms with Gasteiger partial charge in [0, 0.05) is 23.0 Å². The van der Waals surface area contributed by atoms with Crippen LogP contribution in [-0.4, -0.2) is 11.9 Å². The molecule has 3 rings (SSSR count). The van der Waals surface area contributed by atoms with E-state index in [1.165, 1.54) is 12.5 Å². The number of rotatable bonds is 7. The molecular formula is C25H30N2O4. The van der Waals surface area contributed by atoms with Gasteiger partial charge in [-0.05, 0) is 73.6 Å². The Balaban J connectivity index is 1.47. The van der Waals surface area contributed by atoms with Crippen molar-refractivity contribution in [2.24, 2.45) is 11.8 Å². The van der Waals surface area contributed by atoms with Crippen molar-refractivity contribution in [3.05, 3.63) is 59.7 Å². The van der Waals surface area contributed by atoms with Crippen molar-refractivity contribution in [3.63, 3.8) is 0 Å². The second kappa shape index (κ2) is 10.7. The highest BCUT2D eigenvalue weighted by atomic mass is 16.5. The van der Waals surface area contributed by atoms with Crippen molar-refractivity contribution < 1.29 is 19.1 Å². The molecule has 0 unspecified atom stereocenters. The second-order valence-electron chi connectivity index (χ2n) is 8.02. The van der Waals surface area contributed by atoms with Gasteiger partial charge in [-0.25, -0.2) is 4.79 Å². The predicted molar refractivity (Wildman–Crippen MR) is 122 cm³/mol. The van der Waals surface area contributed by atoms with Crippen LogP contribution in [0, 0.1) is 11.8 Å². The van der Waals surface area contributed by atoms with Crippen molar-refractivity contribution in [3.8, 4) is 5.75 Å². The second-order valence-corrected chi connectivity index (χ2v) is 8.02. The lowest BCUT2D eigenvalue weighted by atomic mass is 9.81. The molecule has 164 valence electrons. The van der Waals surface area contributed by atoms with Crippen LogP contribution in [0.3, 0.4) is 0 Å². The Bertz CT molecular complexity index is 929. The fourth-order valence-electron chi connectivity index (χ4n) is 3.76. The smallest absolute Gasteiger partial charge is 0.331 e. The first-order valence-corrected chi connectivity index (χ1v) is 10.7. The number of anilines is 2. The summed E-state index contributed by atoms with van der Waals surface area (Å²) in [4.78, 5) is 24.3. The van der Waals surface area contributed by atoms with Crippen LogP contribution in [0.4, 0.5) is 11.4 Å². The molecule has 2 aromatic rings. The van der Waals surface area contributed by atoms with Gasteiger partial charge in [-0.15, -0.1) is 0 Å². The minimum absolute atomic E-state index is 0.00820. The van der Waals surface area contributed by atoms with Crippen LogP contribution in [0.2, 0.25) is 0 Å². The van der Waals surface area contributed by atoms with Crippen molar-refractivity contribution >= 4 is 29.4 Å². The fraction of sp³-hybridized carbons (Fsp3) is 0.360. The summed E-state index contributed by atoms with van der Waals surface area (Å²) in [6.45, 7) is 2.25. The molecule has 0 amide bonds. The fourth-order valence-corrected chi connectivity index (χ4v) is 3.76. The van der Waals surface area contributed by atoms with E-state index in [-0.39, 0.29) is 18.5 Å². The number of esters is 2. The van der Waals surface area contributed by atoms with Gasteiger partial charge in [-0.3, -0.25) is 4.79 Å². The molecule has 6 heteroatoms. The average molecular weight is 423 g/mol. The zero-order valence-electron chi connectivity index (χ0n) is 17.9. The number of nitrogen functional groups attached to an aromatic ring is 2. The molecule has 1 saturated carbocycles. The lowest BCUT2D eigenvalue weighted by molar-refractivity contribution is -0.140. The molecule has 2 aromatic carbocycles. The third-order valence-electron chi connectivity index (χ3n) is 5.80. The molecule has 0 saturated heterocycles. The van der Waals surface area contributed by atoms with Crippen molar-refractivity contribution in [1.29, 1.82) is 0 Å². The van der Waals surface area contributed by atoms with Crippen LogP contribution in [0.15, 0.2) is 48.5 Å². The SMILES string of the molecule is CCC1CCC(C(=O)Oc2ccc(C=CC(=O)OCc3cc(N)ccc3N)cc2)CC1. The Morgan fingerprint density at radius 2 is 1.74 bits per heavy atom. The number of hydrogen-bond acceptors (Lipinski definition) is 6. The predicted octanol–water partition coefficient (Wildman–Crippen LogP) is 4.73. The average Bonchev–Trinajstić information content (AvgIpc) is 2.79. The number of nitrogens with two attached hydrogens (primary N) is 2. The molecule has 1 aliphatic rings. The van der Waals surface area contributed by atoms with Gasteiger partial charge in [0.15, 0.2) is 0 Å². The monoisotopic (exact) mass is 422 g/mol. The minimum atomic E-state index is -0.486. The first-order chi connectivity index (χ1) is 14.9. The van der Waals surface area contributed by atoms with Crippen LogP contribution in [-0.2, 0) is 20.9 Å². The molecule has 0 radical (unpaired) electrons. The molecule has 0 bridgehead atoms. The Labute approximate surface area is 183 Å². The maximum atomic E-state index is 12.4. The highest BCUT2D eigenvalue weighted by molar-refractivity contribution is 5.87. The zero-order valence-corrected chi connectivity index (χ0v) is 17.9. The lowest BCUT2D eigenvalue weighted by Crippen LogP contribution is -2.25. The molecule has 0 aliphatic heterocycles. The summed E-state index contributed by atoms with van der Waals surface area (Å²) in [5.41, 5.74) is 14.1. The lowest BCUT2D eigenvalue weighted by Gasteiger charge is -2.26. The number of carbonyl (C=O) groups excluding carboxylic acids is 2. The molecule has 0 atom stereocenters. The molecule has 6 nitrogen and oxygen atoms in total. The quantitative estimate of drug-likeness (QED) is 0.289. The number of carbonyl (C=O) groups is 2. The van der Waals surface area contributed by atoms with Crippen molar-refractivity contribution in [2.75, 3.05) is 11.5 Å². The van der Waals surface area contributed by atoms with Crippen LogP contribution in [0.5, 0.6) is 5.75 Å². The summed E-state index contributed by atoms with van der Waals surface area (Å²) in [5, 5.41) is 0. The van der Waals surface area contributed by atoms with E-state index in [9.17, 15) is 9.59 Å². The first kappa shape index (κ1) is 22.4. The van der Waals surface area contributed by atoms with Gasteiger partial charge in [0.05, 0.1) is 5.92 Å². The Morgan fingerprint density at radius 3 is 2.42 bits per heavy atom. The van der Waals surface area contributed by atoms with Crippen molar-refractivity contribution in [2.45, 2.75) is 45.6 Å². The Morgan fingerprint density at radius 1 is 1.03 bits per heavy atom. The topological polar surface area (TPSA) is 105 Å². The summed E-state index contributed by atoms with van der Waals surface area (Å²) in [5.74, 6) is 0.609. The van der Waals surface area contributed by atoms with E-state index in [0.717, 1.165) is 37.2 Å². The van der Waals surface area contributed by atoms with Gasteiger partial charge < -0.3 is 20.9 Å². The number of ether oxygens (including phenoxy) is 2.